The molecule has 94 valence electrons. The fourth-order valence-corrected chi connectivity index (χ4v) is 1.65. The number of aliphatic carboxylic acids is 4. The molecule has 0 aromatic rings. The number of carboxylic acids is 4. The molecular formula is C8H4Na4O9. The molecular weight excluding hydrogens is 332 g/mol. The van der Waals surface area contributed by atoms with Crippen LogP contribution in [0, 0.1) is 11.8 Å². The molecule has 0 bridgehead atoms. The Morgan fingerprint density at radius 1 is 0.571 bits per heavy atom. The van der Waals surface area contributed by atoms with E-state index >= 15 is 0 Å². The van der Waals surface area contributed by atoms with Gasteiger partial charge in [-0.05, 0) is 0 Å². The number of carbonyl (C=O) groups excluding carboxylic acids is 4. The van der Waals surface area contributed by atoms with E-state index in [2.05, 4.69) is 4.74 Å². The molecule has 0 aromatic carbocycles. The minimum Gasteiger partial charge on any atom is -0.550 e. The molecule has 21 heavy (non-hydrogen) atoms. The summed E-state index contributed by atoms with van der Waals surface area (Å²) < 4.78 is 4.27. The van der Waals surface area contributed by atoms with E-state index in [0.29, 0.717) is 0 Å². The summed E-state index contributed by atoms with van der Waals surface area (Å²) in [6.07, 6.45) is -4.49. The number of hydrogen-bond acceptors (Lipinski definition) is 9. The smallest absolute Gasteiger partial charge is 0.550 e. The molecule has 1 rings (SSSR count). The quantitative estimate of drug-likeness (QED) is 0.452. The van der Waals surface area contributed by atoms with Gasteiger partial charge >= 0.3 is 118 Å². The van der Waals surface area contributed by atoms with Crippen LogP contribution in [0.5, 0.6) is 0 Å². The summed E-state index contributed by atoms with van der Waals surface area (Å²) >= 11 is 0. The van der Waals surface area contributed by atoms with Gasteiger partial charge in [-0.25, -0.2) is 0 Å². The van der Waals surface area contributed by atoms with Crippen LogP contribution >= 0.6 is 0 Å². The van der Waals surface area contributed by atoms with Gasteiger partial charge in [-0.3, -0.25) is 0 Å². The molecule has 13 heteroatoms. The van der Waals surface area contributed by atoms with Crippen molar-refractivity contribution in [1.29, 1.82) is 0 Å². The van der Waals surface area contributed by atoms with Crippen LogP contribution in [0.2, 0.25) is 0 Å². The van der Waals surface area contributed by atoms with E-state index in [4.69, 9.17) is 0 Å². The maximum Gasteiger partial charge on any atom is 1.00 e. The fourth-order valence-electron chi connectivity index (χ4n) is 1.65. The Labute approximate surface area is 207 Å². The van der Waals surface area contributed by atoms with Gasteiger partial charge in [0.1, 0.15) is 12.2 Å². The Bertz CT molecular complexity index is 365. The first kappa shape index (κ1) is 30.7. The molecule has 0 saturated carbocycles. The standard InChI is InChI=1S/C8H8O9.4Na/c9-5(10)1-2(6(11)12)4(8(15)16)17-3(1)7(13)14;;;;/h1-4H,(H,9,10)(H,11,12)(H,13,14)(H,15,16);;;;/q;4*+1/p-4. The Kier molecular flexibility index (Phi) is 19.2. The first-order chi connectivity index (χ1) is 7.77. The van der Waals surface area contributed by atoms with Gasteiger partial charge in [0.05, 0.1) is 11.9 Å². The van der Waals surface area contributed by atoms with Crippen molar-refractivity contribution >= 4 is 23.9 Å². The van der Waals surface area contributed by atoms with Gasteiger partial charge in [0.25, 0.3) is 0 Å². The molecule has 0 spiro atoms. The molecule has 0 aromatic heterocycles. The predicted molar refractivity (Wildman–Crippen MR) is 35.7 cm³/mol. The molecule has 1 heterocycles. The zero-order chi connectivity index (χ0) is 13.3. The second kappa shape index (κ2) is 13.2. The Hall–Kier alpha value is 1.84. The van der Waals surface area contributed by atoms with Crippen LogP contribution in [0.1, 0.15) is 0 Å². The summed E-state index contributed by atoms with van der Waals surface area (Å²) in [4.78, 5) is 42.2. The summed E-state index contributed by atoms with van der Waals surface area (Å²) in [5, 5.41) is 42.2. The second-order valence-corrected chi connectivity index (χ2v) is 3.30. The third-order valence-corrected chi connectivity index (χ3v) is 2.34. The number of hydrogen-bond donors (Lipinski definition) is 0. The molecule has 1 aliphatic rings. The summed E-state index contributed by atoms with van der Waals surface area (Å²) in [7, 11) is 0. The molecule has 1 aliphatic heterocycles. The van der Waals surface area contributed by atoms with E-state index in [1.807, 2.05) is 0 Å². The van der Waals surface area contributed by atoms with Crippen molar-refractivity contribution in [2.24, 2.45) is 11.8 Å². The third-order valence-electron chi connectivity index (χ3n) is 2.34. The van der Waals surface area contributed by atoms with Crippen molar-refractivity contribution in [2.45, 2.75) is 12.2 Å². The van der Waals surface area contributed by atoms with Crippen LogP contribution in [0.4, 0.5) is 0 Å². The van der Waals surface area contributed by atoms with Crippen molar-refractivity contribution in [1.82, 2.24) is 0 Å². The van der Waals surface area contributed by atoms with Crippen LogP contribution in [0.25, 0.3) is 0 Å². The molecule has 0 amide bonds. The van der Waals surface area contributed by atoms with Gasteiger partial charge in [-0.2, -0.15) is 0 Å². The van der Waals surface area contributed by atoms with Gasteiger partial charge in [-0.1, -0.05) is 0 Å². The van der Waals surface area contributed by atoms with E-state index in [-0.39, 0.29) is 118 Å². The van der Waals surface area contributed by atoms with Gasteiger partial charge in [0.2, 0.25) is 0 Å². The zero-order valence-electron chi connectivity index (χ0n) is 12.0. The van der Waals surface area contributed by atoms with Crippen molar-refractivity contribution in [3.8, 4) is 0 Å². The Morgan fingerprint density at radius 3 is 0.952 bits per heavy atom. The summed E-state index contributed by atoms with van der Waals surface area (Å²) in [6, 6.07) is 0. The van der Waals surface area contributed by atoms with Crippen LogP contribution in [-0.2, 0) is 23.9 Å². The van der Waals surface area contributed by atoms with Crippen molar-refractivity contribution in [2.75, 3.05) is 0 Å². The molecule has 0 N–H and O–H groups in total. The zero-order valence-corrected chi connectivity index (χ0v) is 20.0. The average molecular weight is 336 g/mol. The van der Waals surface area contributed by atoms with E-state index in [1.54, 1.807) is 0 Å². The minimum absolute atomic E-state index is 0. The predicted octanol–water partition coefficient (Wildman–Crippen LogP) is -19.0. The minimum atomic E-state index is -2.24. The van der Waals surface area contributed by atoms with Crippen LogP contribution in [0.3, 0.4) is 0 Å². The SMILES string of the molecule is O=C([O-])C1OC(C(=O)[O-])C(C(=O)[O-])C1C(=O)[O-].[Na+].[Na+].[Na+].[Na+]. The summed E-state index contributed by atoms with van der Waals surface area (Å²) in [5.74, 6) is -12.7. The monoisotopic (exact) mass is 336 g/mol. The van der Waals surface area contributed by atoms with E-state index < -0.39 is 47.9 Å². The molecule has 9 nitrogen and oxygen atoms in total. The summed E-state index contributed by atoms with van der Waals surface area (Å²) in [6.45, 7) is 0. The van der Waals surface area contributed by atoms with Crippen LogP contribution in [-0.4, -0.2) is 36.1 Å². The maximum atomic E-state index is 10.6. The summed E-state index contributed by atoms with van der Waals surface area (Å²) in [5.41, 5.74) is 0. The number of rotatable bonds is 4. The first-order valence-corrected chi connectivity index (χ1v) is 4.26. The van der Waals surface area contributed by atoms with Crippen molar-refractivity contribution in [3.63, 3.8) is 0 Å². The number of carboxylic acid groups (broad SMARTS) is 4. The van der Waals surface area contributed by atoms with Gasteiger partial charge in [-0.15, -0.1) is 0 Å². The molecule has 1 fully saturated rings. The first-order valence-electron chi connectivity index (χ1n) is 4.26. The molecule has 0 radical (unpaired) electrons. The molecule has 0 aliphatic carbocycles. The average Bonchev–Trinajstić information content (AvgIpc) is 2.56. The van der Waals surface area contributed by atoms with Gasteiger partial charge in [0, 0.05) is 23.8 Å². The Balaban J connectivity index is -0.000000361. The van der Waals surface area contributed by atoms with Crippen molar-refractivity contribution in [3.05, 3.63) is 0 Å². The number of carbonyl (C=O) groups is 4. The van der Waals surface area contributed by atoms with E-state index in [0.717, 1.165) is 0 Å². The second-order valence-electron chi connectivity index (χ2n) is 3.30. The van der Waals surface area contributed by atoms with Gasteiger partial charge < -0.3 is 44.3 Å². The fraction of sp³-hybridized carbons (Fsp3) is 0.500. The van der Waals surface area contributed by atoms with Crippen molar-refractivity contribution < 1.29 is 163 Å². The maximum absolute atomic E-state index is 10.6. The largest absolute Gasteiger partial charge is 1.00 e. The Morgan fingerprint density at radius 2 is 0.810 bits per heavy atom. The van der Waals surface area contributed by atoms with E-state index in [1.165, 1.54) is 0 Å². The van der Waals surface area contributed by atoms with E-state index in [9.17, 15) is 39.6 Å². The topological polar surface area (TPSA) is 170 Å². The van der Waals surface area contributed by atoms with Crippen LogP contribution < -0.4 is 139 Å². The third kappa shape index (κ3) is 7.51. The molecule has 4 unspecified atom stereocenters. The van der Waals surface area contributed by atoms with Crippen LogP contribution in [0.15, 0.2) is 0 Å². The normalized spacial score (nSPS) is 25.9. The van der Waals surface area contributed by atoms with Gasteiger partial charge in [0.15, 0.2) is 0 Å². The molecule has 4 atom stereocenters. The molecule has 1 saturated heterocycles. The number of ether oxygens (including phenoxy) is 1.